The van der Waals surface area contributed by atoms with Crippen LogP contribution in [0, 0.1) is 0 Å². The number of hydrogen-bond donors (Lipinski definition) is 1. The number of carbonyl (C=O) groups is 2. The largest absolute Gasteiger partial charge is 0.495 e. The molecule has 3 aliphatic heterocycles. The number of halogens is 1. The number of ether oxygens (including phenoxy) is 4. The Morgan fingerprint density at radius 1 is 1.05 bits per heavy atom. The molecule has 0 spiro atoms. The van der Waals surface area contributed by atoms with Crippen molar-refractivity contribution in [3.05, 3.63) is 81.9 Å². The van der Waals surface area contributed by atoms with E-state index >= 15 is 0 Å². The number of rotatable bonds is 3. The lowest BCUT2D eigenvalue weighted by Crippen LogP contribution is -2.40. The lowest BCUT2D eigenvalue weighted by molar-refractivity contribution is -0.123. The maximum atomic E-state index is 13.9. The molecule has 2 amide bonds. The number of nitrogens with zero attached hydrogens (tertiary/aromatic N) is 1. The summed E-state index contributed by atoms with van der Waals surface area (Å²) < 4.78 is 22.7. The average Bonchev–Trinajstić information content (AvgIpc) is 2.94. The summed E-state index contributed by atoms with van der Waals surface area (Å²) in [5, 5.41) is 3.22. The van der Waals surface area contributed by atoms with Gasteiger partial charge in [0.25, 0.3) is 11.8 Å². The lowest BCUT2D eigenvalue weighted by atomic mass is 9.87. The molecule has 6 bridgehead atoms. The molecule has 0 saturated carbocycles. The molecular formula is C29H29ClN2O6. The van der Waals surface area contributed by atoms with Crippen molar-refractivity contribution in [3.8, 4) is 23.0 Å². The van der Waals surface area contributed by atoms with Crippen LogP contribution in [0.15, 0.2) is 54.6 Å². The molecule has 3 heterocycles. The standard InChI is InChI=1S/C29H29ClN2O6/c1-35-24-8-7-20(14-23(24)30)29(34)32-11-9-18-15-26-25(36-2)16-22(18)28(32)19-5-3-6-21(13-19)37-12-4-10-31-27(33)17-38-26/h3,5-8,13-16,28H,4,9-12,17H2,1-2H3,(H,31,33). The Balaban J connectivity index is 1.62. The third kappa shape index (κ3) is 5.22. The van der Waals surface area contributed by atoms with Crippen LogP contribution in [0.25, 0.3) is 0 Å². The molecule has 198 valence electrons. The van der Waals surface area contributed by atoms with E-state index in [1.165, 1.54) is 7.11 Å². The smallest absolute Gasteiger partial charge is 0.257 e. The molecule has 0 saturated heterocycles. The summed E-state index contributed by atoms with van der Waals surface area (Å²) in [6.45, 7) is 1.26. The highest BCUT2D eigenvalue weighted by Gasteiger charge is 2.34. The van der Waals surface area contributed by atoms with Gasteiger partial charge in [-0.1, -0.05) is 23.7 Å². The summed E-state index contributed by atoms with van der Waals surface area (Å²) in [7, 11) is 3.09. The Bertz CT molecular complexity index is 1360. The predicted molar refractivity (Wildman–Crippen MR) is 143 cm³/mol. The molecule has 9 heteroatoms. The van der Waals surface area contributed by atoms with Crippen LogP contribution in [-0.4, -0.2) is 57.2 Å². The number of nitrogens with one attached hydrogen (secondary N) is 1. The van der Waals surface area contributed by atoms with Crippen molar-refractivity contribution in [1.82, 2.24) is 10.2 Å². The average molecular weight is 537 g/mol. The zero-order chi connectivity index (χ0) is 26.6. The van der Waals surface area contributed by atoms with Crippen molar-refractivity contribution in [2.24, 2.45) is 0 Å². The maximum absolute atomic E-state index is 13.9. The lowest BCUT2D eigenvalue weighted by Gasteiger charge is -2.38. The molecule has 38 heavy (non-hydrogen) atoms. The van der Waals surface area contributed by atoms with Gasteiger partial charge in [-0.3, -0.25) is 9.59 Å². The van der Waals surface area contributed by atoms with Gasteiger partial charge in [0.05, 0.1) is 31.9 Å². The SMILES string of the molecule is COc1ccc(C(=O)N2CCc3cc4c(OC)cc3C2c2cccc(c2)OCCCNC(=O)CO4)cc1Cl. The normalized spacial score (nSPS) is 17.2. The van der Waals surface area contributed by atoms with E-state index in [1.807, 2.05) is 41.3 Å². The molecule has 1 unspecified atom stereocenters. The molecule has 3 aromatic rings. The fraction of sp³-hybridized carbons (Fsp3) is 0.310. The highest BCUT2D eigenvalue weighted by atomic mass is 35.5. The molecule has 8 nitrogen and oxygen atoms in total. The van der Waals surface area contributed by atoms with Gasteiger partial charge in [0, 0.05) is 18.7 Å². The monoisotopic (exact) mass is 536 g/mol. The molecule has 0 fully saturated rings. The number of carbonyl (C=O) groups excluding carboxylic acids is 2. The van der Waals surface area contributed by atoms with E-state index in [1.54, 1.807) is 25.3 Å². The van der Waals surface area contributed by atoms with Crippen molar-refractivity contribution in [3.63, 3.8) is 0 Å². The maximum Gasteiger partial charge on any atom is 0.257 e. The Morgan fingerprint density at radius 3 is 2.68 bits per heavy atom. The number of methoxy groups -OCH3 is 2. The van der Waals surface area contributed by atoms with Gasteiger partial charge in [-0.25, -0.2) is 0 Å². The fourth-order valence-electron chi connectivity index (χ4n) is 4.90. The van der Waals surface area contributed by atoms with Crippen LogP contribution in [0.1, 0.15) is 39.5 Å². The number of amides is 2. The Labute approximate surface area is 226 Å². The van der Waals surface area contributed by atoms with Crippen molar-refractivity contribution < 1.29 is 28.5 Å². The second-order valence-electron chi connectivity index (χ2n) is 9.12. The Morgan fingerprint density at radius 2 is 1.89 bits per heavy atom. The zero-order valence-electron chi connectivity index (χ0n) is 21.3. The van der Waals surface area contributed by atoms with E-state index in [2.05, 4.69) is 5.32 Å². The molecule has 3 aromatic carbocycles. The third-order valence-corrected chi connectivity index (χ3v) is 7.05. The zero-order valence-corrected chi connectivity index (χ0v) is 22.0. The number of fused-ring (bicyclic) bond motifs is 8. The van der Waals surface area contributed by atoms with Gasteiger partial charge >= 0.3 is 0 Å². The van der Waals surface area contributed by atoms with E-state index in [0.717, 1.165) is 16.7 Å². The second-order valence-corrected chi connectivity index (χ2v) is 9.52. The summed E-state index contributed by atoms with van der Waals surface area (Å²) in [5.74, 6) is 1.81. The molecule has 1 N–H and O–H groups in total. The molecular weight excluding hydrogens is 508 g/mol. The van der Waals surface area contributed by atoms with Gasteiger partial charge in [-0.2, -0.15) is 0 Å². The second kappa shape index (κ2) is 11.2. The van der Waals surface area contributed by atoms with E-state index < -0.39 is 6.04 Å². The van der Waals surface area contributed by atoms with E-state index in [9.17, 15) is 9.59 Å². The van der Waals surface area contributed by atoms with Crippen LogP contribution < -0.4 is 24.3 Å². The first-order valence-electron chi connectivity index (χ1n) is 12.5. The van der Waals surface area contributed by atoms with E-state index in [4.69, 9.17) is 30.5 Å². The van der Waals surface area contributed by atoms with Crippen LogP contribution in [-0.2, 0) is 11.2 Å². The van der Waals surface area contributed by atoms with Gasteiger partial charge in [0.2, 0.25) is 0 Å². The van der Waals surface area contributed by atoms with Crippen LogP contribution >= 0.6 is 11.6 Å². The summed E-state index contributed by atoms with van der Waals surface area (Å²) in [6.07, 6.45) is 1.24. The van der Waals surface area contributed by atoms with Crippen LogP contribution in [0.5, 0.6) is 23.0 Å². The van der Waals surface area contributed by atoms with Crippen molar-refractivity contribution in [1.29, 1.82) is 0 Å². The van der Waals surface area contributed by atoms with Gasteiger partial charge in [-0.05, 0) is 72.0 Å². The van der Waals surface area contributed by atoms with Crippen molar-refractivity contribution in [2.45, 2.75) is 18.9 Å². The van der Waals surface area contributed by atoms with Crippen molar-refractivity contribution >= 4 is 23.4 Å². The topological polar surface area (TPSA) is 86.3 Å². The summed E-state index contributed by atoms with van der Waals surface area (Å²) in [5.41, 5.74) is 3.31. The van der Waals surface area contributed by atoms with Gasteiger partial charge in [-0.15, -0.1) is 0 Å². The summed E-state index contributed by atoms with van der Waals surface area (Å²) in [4.78, 5) is 28.0. The molecule has 0 aromatic heterocycles. The first kappa shape index (κ1) is 25.7. The third-order valence-electron chi connectivity index (χ3n) is 6.76. The van der Waals surface area contributed by atoms with Gasteiger partial charge < -0.3 is 29.2 Å². The minimum absolute atomic E-state index is 0.124. The van der Waals surface area contributed by atoms with Crippen molar-refractivity contribution in [2.75, 3.05) is 40.5 Å². The van der Waals surface area contributed by atoms with E-state index in [-0.39, 0.29) is 18.4 Å². The first-order valence-corrected chi connectivity index (χ1v) is 12.8. The fourth-order valence-corrected chi connectivity index (χ4v) is 5.16. The van der Waals surface area contributed by atoms with Gasteiger partial charge in [0.1, 0.15) is 11.5 Å². The first-order chi connectivity index (χ1) is 18.5. The molecule has 3 aliphatic rings. The predicted octanol–water partition coefficient (Wildman–Crippen LogP) is 4.42. The Kier molecular flexibility index (Phi) is 7.60. The summed E-state index contributed by atoms with van der Waals surface area (Å²) >= 11 is 6.36. The van der Waals surface area contributed by atoms with Gasteiger partial charge in [0.15, 0.2) is 18.1 Å². The highest BCUT2D eigenvalue weighted by Crippen LogP contribution is 2.42. The minimum Gasteiger partial charge on any atom is -0.495 e. The number of benzene rings is 3. The Hall–Kier alpha value is -3.91. The quantitative estimate of drug-likeness (QED) is 0.533. The van der Waals surface area contributed by atoms with Crippen LogP contribution in [0.4, 0.5) is 0 Å². The highest BCUT2D eigenvalue weighted by molar-refractivity contribution is 6.32. The molecule has 6 rings (SSSR count). The minimum atomic E-state index is -0.408. The molecule has 0 radical (unpaired) electrons. The molecule has 1 atom stereocenters. The molecule has 0 aliphatic carbocycles. The number of hydrogen-bond acceptors (Lipinski definition) is 6. The summed E-state index contributed by atoms with van der Waals surface area (Å²) in [6, 6.07) is 16.2. The van der Waals surface area contributed by atoms with Crippen LogP contribution in [0.3, 0.4) is 0 Å². The van der Waals surface area contributed by atoms with Crippen LogP contribution in [0.2, 0.25) is 5.02 Å². The van der Waals surface area contributed by atoms with E-state index in [0.29, 0.717) is 66.1 Å².